The first-order chi connectivity index (χ1) is 6.61. The number of hydrogen-bond donors (Lipinski definition) is 2. The highest BCUT2D eigenvalue weighted by Crippen LogP contribution is 2.04. The fourth-order valence-electron chi connectivity index (χ4n) is 0.719. The van der Waals surface area contributed by atoms with Crippen molar-refractivity contribution in [2.45, 2.75) is 6.92 Å². The average molecular weight is 200 g/mol. The summed E-state index contributed by atoms with van der Waals surface area (Å²) in [6, 6.07) is 0. The predicted molar refractivity (Wildman–Crippen MR) is 42.3 cm³/mol. The molecule has 76 valence electrons. The molecular weight excluding hydrogens is 192 g/mol. The summed E-state index contributed by atoms with van der Waals surface area (Å²) in [4.78, 5) is 25.5. The fourth-order valence-corrected chi connectivity index (χ4v) is 0.719. The van der Waals surface area contributed by atoms with Crippen molar-refractivity contribution in [1.29, 1.82) is 0 Å². The SMILES string of the molecule is Cc1cnoc1C(=O)NOCC(=O)O. The van der Waals surface area contributed by atoms with Crippen molar-refractivity contribution >= 4 is 11.9 Å². The van der Waals surface area contributed by atoms with E-state index in [1.165, 1.54) is 6.20 Å². The number of carbonyl (C=O) groups is 2. The second-order valence-electron chi connectivity index (χ2n) is 2.45. The summed E-state index contributed by atoms with van der Waals surface area (Å²) in [5.74, 6) is -1.85. The maximum atomic E-state index is 11.1. The third kappa shape index (κ3) is 2.56. The molecule has 1 heterocycles. The molecule has 0 aliphatic rings. The summed E-state index contributed by atoms with van der Waals surface area (Å²) in [5.41, 5.74) is 2.45. The molecule has 7 heteroatoms. The first kappa shape index (κ1) is 10.2. The van der Waals surface area contributed by atoms with Gasteiger partial charge in [0.25, 0.3) is 0 Å². The lowest BCUT2D eigenvalue weighted by molar-refractivity contribution is -0.144. The number of rotatable bonds is 4. The van der Waals surface area contributed by atoms with E-state index in [9.17, 15) is 9.59 Å². The van der Waals surface area contributed by atoms with Crippen LogP contribution in [0.3, 0.4) is 0 Å². The zero-order chi connectivity index (χ0) is 10.6. The van der Waals surface area contributed by atoms with Crippen LogP contribution >= 0.6 is 0 Å². The molecule has 0 unspecified atom stereocenters. The van der Waals surface area contributed by atoms with Gasteiger partial charge in [0.2, 0.25) is 5.76 Å². The van der Waals surface area contributed by atoms with Crippen molar-refractivity contribution in [1.82, 2.24) is 10.6 Å². The quantitative estimate of drug-likeness (QED) is 0.648. The first-order valence-corrected chi connectivity index (χ1v) is 3.66. The third-order valence-corrected chi connectivity index (χ3v) is 1.32. The predicted octanol–water partition coefficient (Wildman–Crippen LogP) is -0.271. The minimum absolute atomic E-state index is 0.00427. The normalized spacial score (nSPS) is 9.79. The van der Waals surface area contributed by atoms with Crippen LogP contribution in [0, 0.1) is 6.92 Å². The van der Waals surface area contributed by atoms with Crippen molar-refractivity contribution < 1.29 is 24.1 Å². The number of amides is 1. The molecule has 0 aliphatic carbocycles. The molecule has 0 atom stereocenters. The van der Waals surface area contributed by atoms with Gasteiger partial charge in [0, 0.05) is 5.56 Å². The summed E-state index contributed by atoms with van der Waals surface area (Å²) in [5, 5.41) is 11.6. The van der Waals surface area contributed by atoms with E-state index in [0.717, 1.165) is 0 Å². The van der Waals surface area contributed by atoms with E-state index in [0.29, 0.717) is 5.56 Å². The number of carboxylic acids is 1. The molecule has 1 aromatic rings. The van der Waals surface area contributed by atoms with Crippen molar-refractivity contribution in [3.63, 3.8) is 0 Å². The molecule has 0 spiro atoms. The fraction of sp³-hybridized carbons (Fsp3) is 0.286. The summed E-state index contributed by atoms with van der Waals surface area (Å²) in [6.07, 6.45) is 1.37. The van der Waals surface area contributed by atoms with Gasteiger partial charge in [-0.05, 0) is 6.92 Å². The molecule has 0 saturated carbocycles. The van der Waals surface area contributed by atoms with Crippen LogP contribution in [0.4, 0.5) is 0 Å². The second kappa shape index (κ2) is 4.38. The van der Waals surface area contributed by atoms with E-state index < -0.39 is 18.5 Å². The van der Waals surface area contributed by atoms with Gasteiger partial charge in [0.15, 0.2) is 6.61 Å². The zero-order valence-corrected chi connectivity index (χ0v) is 7.31. The number of aryl methyl sites for hydroxylation is 1. The van der Waals surface area contributed by atoms with Crippen molar-refractivity contribution in [2.75, 3.05) is 6.61 Å². The van der Waals surface area contributed by atoms with Crippen LogP contribution in [-0.4, -0.2) is 28.7 Å². The van der Waals surface area contributed by atoms with Gasteiger partial charge in [-0.2, -0.15) is 0 Å². The number of aliphatic carboxylic acids is 1. The minimum atomic E-state index is -1.18. The average Bonchev–Trinajstić information content (AvgIpc) is 2.50. The number of carboxylic acid groups (broad SMARTS) is 1. The van der Waals surface area contributed by atoms with Crippen molar-refractivity contribution in [3.8, 4) is 0 Å². The van der Waals surface area contributed by atoms with Gasteiger partial charge in [-0.1, -0.05) is 5.16 Å². The topological polar surface area (TPSA) is 102 Å². The molecular formula is C7H8N2O5. The number of aromatic nitrogens is 1. The summed E-state index contributed by atoms with van der Waals surface area (Å²) in [6.45, 7) is 1.02. The van der Waals surface area contributed by atoms with E-state index in [4.69, 9.17) is 5.11 Å². The maximum Gasteiger partial charge on any atom is 0.332 e. The smallest absolute Gasteiger partial charge is 0.332 e. The molecule has 0 aliphatic heterocycles. The third-order valence-electron chi connectivity index (χ3n) is 1.32. The molecule has 14 heavy (non-hydrogen) atoms. The van der Waals surface area contributed by atoms with Gasteiger partial charge in [0.1, 0.15) is 0 Å². The molecule has 1 amide bonds. The van der Waals surface area contributed by atoms with Crippen LogP contribution in [0.2, 0.25) is 0 Å². The molecule has 7 nitrogen and oxygen atoms in total. The number of hydroxylamine groups is 1. The van der Waals surface area contributed by atoms with Gasteiger partial charge in [0.05, 0.1) is 6.20 Å². The Morgan fingerprint density at radius 2 is 2.43 bits per heavy atom. The molecule has 1 rings (SSSR count). The molecule has 0 saturated heterocycles. The molecule has 0 fully saturated rings. The van der Waals surface area contributed by atoms with Gasteiger partial charge < -0.3 is 9.63 Å². The Kier molecular flexibility index (Phi) is 3.19. The van der Waals surface area contributed by atoms with E-state index in [2.05, 4.69) is 14.5 Å². The van der Waals surface area contributed by atoms with Crippen LogP contribution in [0.15, 0.2) is 10.7 Å². The monoisotopic (exact) mass is 200 g/mol. The van der Waals surface area contributed by atoms with Gasteiger partial charge in [-0.3, -0.25) is 9.63 Å². The highest BCUT2D eigenvalue weighted by Gasteiger charge is 2.14. The molecule has 0 aromatic carbocycles. The maximum absolute atomic E-state index is 11.1. The van der Waals surface area contributed by atoms with Crippen molar-refractivity contribution in [2.24, 2.45) is 0 Å². The van der Waals surface area contributed by atoms with Crippen LogP contribution in [0.1, 0.15) is 16.1 Å². The van der Waals surface area contributed by atoms with Gasteiger partial charge in [-0.25, -0.2) is 10.3 Å². The van der Waals surface area contributed by atoms with E-state index in [1.54, 1.807) is 6.92 Å². The summed E-state index contributed by atoms with van der Waals surface area (Å²) >= 11 is 0. The standard InChI is InChI=1S/C7H8N2O5/c1-4-2-8-14-6(4)7(12)9-13-3-5(10)11/h2H,3H2,1H3,(H,9,12)(H,10,11). The number of carbonyl (C=O) groups excluding carboxylic acids is 1. The Morgan fingerprint density at radius 3 is 2.93 bits per heavy atom. The lowest BCUT2D eigenvalue weighted by atomic mass is 10.3. The second-order valence-corrected chi connectivity index (χ2v) is 2.45. The Balaban J connectivity index is 2.44. The first-order valence-electron chi connectivity index (χ1n) is 3.66. The Bertz CT molecular complexity index is 346. The van der Waals surface area contributed by atoms with Crippen LogP contribution in [0.5, 0.6) is 0 Å². The Labute approximate surface area is 78.6 Å². The van der Waals surface area contributed by atoms with E-state index >= 15 is 0 Å². The molecule has 2 N–H and O–H groups in total. The Morgan fingerprint density at radius 1 is 1.71 bits per heavy atom. The van der Waals surface area contributed by atoms with E-state index in [-0.39, 0.29) is 5.76 Å². The Hall–Kier alpha value is -1.89. The highest BCUT2D eigenvalue weighted by atomic mass is 16.7. The summed E-state index contributed by atoms with van der Waals surface area (Å²) in [7, 11) is 0. The van der Waals surface area contributed by atoms with Gasteiger partial charge in [-0.15, -0.1) is 0 Å². The molecule has 1 aromatic heterocycles. The highest BCUT2D eigenvalue weighted by molar-refractivity contribution is 5.91. The summed E-state index contributed by atoms with van der Waals surface area (Å²) < 4.78 is 4.59. The minimum Gasteiger partial charge on any atom is -0.479 e. The number of nitrogens with zero attached hydrogens (tertiary/aromatic N) is 1. The van der Waals surface area contributed by atoms with Crippen LogP contribution in [0.25, 0.3) is 0 Å². The largest absolute Gasteiger partial charge is 0.479 e. The van der Waals surface area contributed by atoms with Crippen molar-refractivity contribution in [3.05, 3.63) is 17.5 Å². The van der Waals surface area contributed by atoms with Gasteiger partial charge >= 0.3 is 11.9 Å². The van der Waals surface area contributed by atoms with Crippen LogP contribution < -0.4 is 5.48 Å². The lowest BCUT2D eigenvalue weighted by Gasteiger charge is -2.00. The van der Waals surface area contributed by atoms with E-state index in [1.807, 2.05) is 5.48 Å². The lowest BCUT2D eigenvalue weighted by Crippen LogP contribution is -2.26. The molecule has 0 bridgehead atoms. The number of hydrogen-bond acceptors (Lipinski definition) is 5. The number of nitrogens with one attached hydrogen (secondary N) is 1. The van der Waals surface area contributed by atoms with Crippen LogP contribution in [-0.2, 0) is 9.63 Å². The zero-order valence-electron chi connectivity index (χ0n) is 7.31. The molecule has 0 radical (unpaired) electrons.